The van der Waals surface area contributed by atoms with Crippen molar-refractivity contribution >= 4 is 0 Å². The van der Waals surface area contributed by atoms with Crippen molar-refractivity contribution in [2.24, 2.45) is 0 Å². The van der Waals surface area contributed by atoms with Gasteiger partial charge in [0.25, 0.3) is 0 Å². The van der Waals surface area contributed by atoms with Crippen LogP contribution in [0, 0.1) is 0 Å². The number of rotatable bonds is 11. The second-order valence-electron chi connectivity index (χ2n) is 17.5. The van der Waals surface area contributed by atoms with Gasteiger partial charge in [-0.1, -0.05) is 237 Å². The molecule has 6 nitrogen and oxygen atoms in total. The van der Waals surface area contributed by atoms with Crippen LogP contribution in [-0.2, 0) is 0 Å². The van der Waals surface area contributed by atoms with Crippen LogP contribution in [-0.4, -0.2) is 29.9 Å². The van der Waals surface area contributed by atoms with E-state index in [0.29, 0.717) is 34.9 Å². The van der Waals surface area contributed by atoms with Crippen LogP contribution in [0.5, 0.6) is 0 Å². The highest BCUT2D eigenvalue weighted by molar-refractivity contribution is 5.85. The third-order valence-corrected chi connectivity index (χ3v) is 12.8. The van der Waals surface area contributed by atoms with Gasteiger partial charge in [-0.25, -0.2) is 29.9 Å². The molecule has 2 heterocycles. The fourth-order valence-electron chi connectivity index (χ4n) is 9.14. The molecule has 6 heteroatoms. The van der Waals surface area contributed by atoms with Gasteiger partial charge < -0.3 is 0 Å². The van der Waals surface area contributed by atoms with Crippen molar-refractivity contribution in [2.45, 2.75) is 0 Å². The first-order valence-electron chi connectivity index (χ1n) is 24.0. The summed E-state index contributed by atoms with van der Waals surface area (Å²) in [6.45, 7) is 0. The van der Waals surface area contributed by atoms with Crippen molar-refractivity contribution in [1.29, 1.82) is 0 Å². The van der Waals surface area contributed by atoms with Crippen LogP contribution in [0.2, 0.25) is 0 Å². The predicted octanol–water partition coefficient (Wildman–Crippen LogP) is 16.4. The molecule has 2 aromatic heterocycles. The molecule has 338 valence electrons. The Labute approximate surface area is 418 Å². The molecule has 0 radical (unpaired) electrons. The summed E-state index contributed by atoms with van der Waals surface area (Å²) in [7, 11) is 0. The maximum atomic E-state index is 5.23. The Kier molecular flexibility index (Phi) is 11.9. The molecule has 0 bridgehead atoms. The molecule has 0 amide bonds. The second kappa shape index (κ2) is 19.7. The normalized spacial score (nSPS) is 11.1. The summed E-state index contributed by atoms with van der Waals surface area (Å²) in [5.74, 6) is 3.71. The van der Waals surface area contributed by atoms with Crippen LogP contribution in [0.15, 0.2) is 267 Å². The Balaban J connectivity index is 0.875. The van der Waals surface area contributed by atoms with Crippen molar-refractivity contribution in [3.63, 3.8) is 0 Å². The number of nitrogens with zero attached hydrogens (tertiary/aromatic N) is 6. The van der Waals surface area contributed by atoms with Gasteiger partial charge in [-0.2, -0.15) is 0 Å². The molecule has 0 saturated carbocycles. The zero-order valence-electron chi connectivity index (χ0n) is 39.1. The van der Waals surface area contributed by atoms with Crippen molar-refractivity contribution in [3.8, 4) is 124 Å². The largest absolute Gasteiger partial charge is 0.208 e. The van der Waals surface area contributed by atoms with E-state index in [4.69, 9.17) is 29.9 Å². The monoisotopic (exact) mass is 920 g/mol. The van der Waals surface area contributed by atoms with E-state index in [0.717, 1.165) is 83.5 Å². The van der Waals surface area contributed by atoms with Gasteiger partial charge >= 0.3 is 0 Å². The Morgan fingerprint density at radius 1 is 0.139 bits per heavy atom. The number of benzene rings is 10. The fraction of sp³-hybridized carbons (Fsp3) is 0. The molecule has 0 aliphatic heterocycles. The second-order valence-corrected chi connectivity index (χ2v) is 17.5. The summed E-state index contributed by atoms with van der Waals surface area (Å²) in [6.07, 6.45) is 0. The average Bonchev–Trinajstić information content (AvgIpc) is 3.48. The minimum Gasteiger partial charge on any atom is -0.208 e. The molecule has 72 heavy (non-hydrogen) atoms. The molecular formula is C66H44N6. The van der Waals surface area contributed by atoms with Gasteiger partial charge in [-0.05, 0) is 86.0 Å². The van der Waals surface area contributed by atoms with Crippen molar-refractivity contribution in [2.75, 3.05) is 0 Å². The molecule has 12 aromatic rings. The lowest BCUT2D eigenvalue weighted by atomic mass is 9.95. The van der Waals surface area contributed by atoms with Crippen molar-refractivity contribution < 1.29 is 0 Å². The lowest BCUT2D eigenvalue weighted by Crippen LogP contribution is -2.01. The Morgan fingerprint density at radius 2 is 0.361 bits per heavy atom. The Hall–Kier alpha value is -9.78. The van der Waals surface area contributed by atoms with Crippen LogP contribution in [0.25, 0.3) is 124 Å². The lowest BCUT2D eigenvalue weighted by Gasteiger charge is -2.13. The standard InChI is InChI=1S/C66H44N6/c1-5-20-45(21-6-1)49-28-17-35-56(42-49)59-38-13-14-39-60(59)66-71-63(48-26-11-4-12-27-48)70-65(72-66)58-37-19-34-55(44-58)53-32-16-30-51(41-53)50-29-15-31-52(40-50)54-33-18-36-57(43-54)64-68-61(46-22-7-2-8-23-46)67-62(69-64)47-24-9-3-10-25-47/h1-44H. The van der Waals surface area contributed by atoms with E-state index in [1.165, 1.54) is 5.56 Å². The van der Waals surface area contributed by atoms with E-state index in [1.54, 1.807) is 0 Å². The molecule has 10 aromatic carbocycles. The highest BCUT2D eigenvalue weighted by Gasteiger charge is 2.18. The molecule has 0 spiro atoms. The average molecular weight is 921 g/mol. The summed E-state index contributed by atoms with van der Waals surface area (Å²) in [6, 6.07) is 92.1. The van der Waals surface area contributed by atoms with Gasteiger partial charge in [-0.3, -0.25) is 0 Å². The molecule has 0 unspecified atom stereocenters. The summed E-state index contributed by atoms with van der Waals surface area (Å²) in [5.41, 5.74) is 16.5. The van der Waals surface area contributed by atoms with E-state index in [1.807, 2.05) is 103 Å². The fourth-order valence-corrected chi connectivity index (χ4v) is 9.14. The predicted molar refractivity (Wildman–Crippen MR) is 293 cm³/mol. The van der Waals surface area contributed by atoms with Gasteiger partial charge in [0.1, 0.15) is 0 Å². The quantitative estimate of drug-likeness (QED) is 0.129. The maximum Gasteiger partial charge on any atom is 0.164 e. The maximum absolute atomic E-state index is 5.23. The van der Waals surface area contributed by atoms with Gasteiger partial charge in [0.2, 0.25) is 0 Å². The van der Waals surface area contributed by atoms with Gasteiger partial charge in [0, 0.05) is 33.4 Å². The van der Waals surface area contributed by atoms with Gasteiger partial charge in [0.15, 0.2) is 34.9 Å². The summed E-state index contributed by atoms with van der Waals surface area (Å²) in [4.78, 5) is 30.4. The number of hydrogen-bond donors (Lipinski definition) is 0. The number of aromatic nitrogens is 6. The first-order chi connectivity index (χ1) is 35.6. The highest BCUT2D eigenvalue weighted by Crippen LogP contribution is 2.37. The smallest absolute Gasteiger partial charge is 0.164 e. The minimum absolute atomic E-state index is 0.601. The highest BCUT2D eigenvalue weighted by atomic mass is 15.0. The van der Waals surface area contributed by atoms with Crippen LogP contribution >= 0.6 is 0 Å². The SMILES string of the molecule is c1ccc(-c2cccc(-c3ccccc3-c3nc(-c4ccccc4)nc(-c4cccc(-c5cccc(-c6cccc(-c7cccc(-c8nc(-c9ccccc9)nc(-c9ccccc9)n8)c7)c6)c5)c4)n3)c2)cc1. The zero-order chi connectivity index (χ0) is 48.1. The third kappa shape index (κ3) is 9.24. The topological polar surface area (TPSA) is 77.3 Å². The van der Waals surface area contributed by atoms with Crippen molar-refractivity contribution in [1.82, 2.24) is 29.9 Å². The molecule has 0 N–H and O–H groups in total. The molecule has 0 aliphatic rings. The number of hydrogen-bond acceptors (Lipinski definition) is 6. The van der Waals surface area contributed by atoms with Crippen LogP contribution in [0.3, 0.4) is 0 Å². The lowest BCUT2D eigenvalue weighted by molar-refractivity contribution is 1.07. The Bertz CT molecular complexity index is 3800. The van der Waals surface area contributed by atoms with Crippen LogP contribution < -0.4 is 0 Å². The first kappa shape index (κ1) is 43.5. The van der Waals surface area contributed by atoms with Crippen LogP contribution in [0.4, 0.5) is 0 Å². The molecule has 0 saturated heterocycles. The van der Waals surface area contributed by atoms with E-state index < -0.39 is 0 Å². The minimum atomic E-state index is 0.601. The molecule has 0 fully saturated rings. The van der Waals surface area contributed by atoms with Crippen LogP contribution in [0.1, 0.15) is 0 Å². The van der Waals surface area contributed by atoms with Gasteiger partial charge in [0.05, 0.1) is 0 Å². The third-order valence-electron chi connectivity index (χ3n) is 12.8. The Morgan fingerprint density at radius 3 is 0.736 bits per heavy atom. The molecule has 0 aliphatic carbocycles. The van der Waals surface area contributed by atoms with E-state index in [2.05, 4.69) is 164 Å². The van der Waals surface area contributed by atoms with Gasteiger partial charge in [-0.15, -0.1) is 0 Å². The summed E-state index contributed by atoms with van der Waals surface area (Å²) < 4.78 is 0. The molecule has 12 rings (SSSR count). The molecular weight excluding hydrogens is 877 g/mol. The molecule has 0 atom stereocenters. The zero-order valence-corrected chi connectivity index (χ0v) is 39.1. The van der Waals surface area contributed by atoms with Crippen molar-refractivity contribution in [3.05, 3.63) is 267 Å². The van der Waals surface area contributed by atoms with E-state index >= 15 is 0 Å². The van der Waals surface area contributed by atoms with E-state index in [9.17, 15) is 0 Å². The summed E-state index contributed by atoms with van der Waals surface area (Å²) >= 11 is 0. The van der Waals surface area contributed by atoms with E-state index in [-0.39, 0.29) is 0 Å². The first-order valence-corrected chi connectivity index (χ1v) is 24.0. The summed E-state index contributed by atoms with van der Waals surface area (Å²) in [5, 5.41) is 0.